The van der Waals surface area contributed by atoms with Gasteiger partial charge >= 0.3 is 0 Å². The lowest BCUT2D eigenvalue weighted by Gasteiger charge is -2.32. The summed E-state index contributed by atoms with van der Waals surface area (Å²) in [7, 11) is 1.76. The smallest absolute Gasteiger partial charge is 0.261 e. The van der Waals surface area contributed by atoms with Crippen molar-refractivity contribution in [3.63, 3.8) is 0 Å². The number of hydrogen-bond donors (Lipinski definition) is 1. The minimum absolute atomic E-state index is 0.0777. The van der Waals surface area contributed by atoms with E-state index in [0.717, 1.165) is 43.6 Å². The van der Waals surface area contributed by atoms with Crippen molar-refractivity contribution in [2.75, 3.05) is 26.7 Å². The maximum Gasteiger partial charge on any atom is 0.261 e. The van der Waals surface area contributed by atoms with E-state index in [2.05, 4.69) is 29.7 Å². The molecule has 0 aliphatic carbocycles. The Kier molecular flexibility index (Phi) is 6.84. The molecule has 2 aromatic carbocycles. The third kappa shape index (κ3) is 5.11. The van der Waals surface area contributed by atoms with Crippen LogP contribution in [-0.2, 0) is 16.1 Å². The molecule has 1 fully saturated rings. The van der Waals surface area contributed by atoms with Crippen LogP contribution in [0.3, 0.4) is 0 Å². The Labute approximate surface area is 196 Å². The first-order chi connectivity index (χ1) is 15.9. The Morgan fingerprint density at radius 2 is 1.76 bits per heavy atom. The van der Waals surface area contributed by atoms with Gasteiger partial charge in [0.25, 0.3) is 11.8 Å². The number of hydroxylamine groups is 1. The van der Waals surface area contributed by atoms with Gasteiger partial charge in [-0.3, -0.25) is 19.9 Å². The molecule has 2 aliphatic heterocycles. The number of rotatable bonds is 6. The fraction of sp³-hybridized carbons (Fsp3) is 0.407. The van der Waals surface area contributed by atoms with Gasteiger partial charge in [0.15, 0.2) is 5.60 Å². The molecule has 6 nitrogen and oxygen atoms in total. The van der Waals surface area contributed by atoms with Crippen molar-refractivity contribution in [3.05, 3.63) is 77.4 Å². The normalized spacial score (nSPS) is 20.8. The van der Waals surface area contributed by atoms with Gasteiger partial charge in [-0.25, -0.2) is 0 Å². The molecule has 33 heavy (non-hydrogen) atoms. The number of hydrogen-bond acceptors (Lipinski definition) is 4. The number of nitrogens with one attached hydrogen (secondary N) is 1. The average Bonchev–Trinajstić information content (AvgIpc) is 3.27. The number of carbonyl (C=O) groups is 2. The summed E-state index contributed by atoms with van der Waals surface area (Å²) < 4.78 is 0. The maximum absolute atomic E-state index is 13.0. The second-order valence-corrected chi connectivity index (χ2v) is 9.19. The molecule has 0 aromatic heterocycles. The number of likely N-dealkylation sites (N-methyl/N-ethyl adjacent to an activating group) is 1. The van der Waals surface area contributed by atoms with Crippen LogP contribution in [0.2, 0.25) is 0 Å². The highest BCUT2D eigenvalue weighted by Crippen LogP contribution is 2.28. The summed E-state index contributed by atoms with van der Waals surface area (Å²) in [5.41, 5.74) is 5.50. The molecule has 2 amide bonds. The van der Waals surface area contributed by atoms with Gasteiger partial charge in [0.1, 0.15) is 0 Å². The maximum atomic E-state index is 13.0. The summed E-state index contributed by atoms with van der Waals surface area (Å²) in [4.78, 5) is 34.8. The summed E-state index contributed by atoms with van der Waals surface area (Å²) in [6.07, 6.45) is 4.95. The lowest BCUT2D eigenvalue weighted by atomic mass is 9.90. The summed E-state index contributed by atoms with van der Waals surface area (Å²) in [6.45, 7) is 5.88. The second-order valence-electron chi connectivity index (χ2n) is 9.19. The topological polar surface area (TPSA) is 61.9 Å². The predicted molar refractivity (Wildman–Crippen MR) is 129 cm³/mol. The Morgan fingerprint density at radius 3 is 2.39 bits per heavy atom. The van der Waals surface area contributed by atoms with Crippen molar-refractivity contribution in [2.24, 2.45) is 5.92 Å². The Balaban J connectivity index is 1.35. The molecule has 1 atom stereocenters. The summed E-state index contributed by atoms with van der Waals surface area (Å²) in [5, 5.41) is 0. The molecule has 2 aromatic rings. The molecule has 0 spiro atoms. The van der Waals surface area contributed by atoms with E-state index in [1.54, 1.807) is 24.9 Å². The SMILES string of the molecule is CCN(C)C(=O)C1(C)C=C(c2ccc(C(=O)N3CCC(Cc4ccccc4)CC3)cc2)NO1. The minimum Gasteiger partial charge on any atom is -0.343 e. The van der Waals surface area contributed by atoms with E-state index >= 15 is 0 Å². The van der Waals surface area contributed by atoms with E-state index in [9.17, 15) is 9.59 Å². The van der Waals surface area contributed by atoms with Crippen molar-refractivity contribution < 1.29 is 14.4 Å². The van der Waals surface area contributed by atoms with Crippen molar-refractivity contribution in [1.29, 1.82) is 0 Å². The van der Waals surface area contributed by atoms with Gasteiger partial charge in [-0.05, 0) is 68.4 Å². The standard InChI is InChI=1S/C27H33N3O3/c1-4-29(3)26(32)27(2)19-24(28-33-27)22-10-12-23(13-11-22)25(31)30-16-14-21(15-17-30)18-20-8-6-5-7-9-20/h5-13,19,21,28H,4,14-18H2,1-3H3. The van der Waals surface area contributed by atoms with E-state index < -0.39 is 5.60 Å². The quantitative estimate of drug-likeness (QED) is 0.730. The van der Waals surface area contributed by atoms with Gasteiger partial charge in [-0.2, -0.15) is 0 Å². The first-order valence-electron chi connectivity index (χ1n) is 11.8. The molecule has 0 saturated carbocycles. The molecule has 174 valence electrons. The molecule has 1 unspecified atom stereocenters. The van der Waals surface area contributed by atoms with Crippen molar-refractivity contribution >= 4 is 17.5 Å². The zero-order chi connectivity index (χ0) is 23.4. The van der Waals surface area contributed by atoms with Gasteiger partial charge in [0, 0.05) is 32.2 Å². The molecule has 6 heteroatoms. The molecule has 1 N–H and O–H groups in total. The third-order valence-corrected chi connectivity index (χ3v) is 6.75. The van der Waals surface area contributed by atoms with Crippen molar-refractivity contribution in [3.8, 4) is 0 Å². The molecule has 0 bridgehead atoms. The average molecular weight is 448 g/mol. The number of piperidine rings is 1. The molecule has 2 heterocycles. The lowest BCUT2D eigenvalue weighted by molar-refractivity contribution is -0.151. The first kappa shape index (κ1) is 23.1. The van der Waals surface area contributed by atoms with Crippen LogP contribution < -0.4 is 5.48 Å². The van der Waals surface area contributed by atoms with Crippen LogP contribution in [-0.4, -0.2) is 53.9 Å². The summed E-state index contributed by atoms with van der Waals surface area (Å²) >= 11 is 0. The van der Waals surface area contributed by atoms with Gasteiger partial charge in [0.2, 0.25) is 0 Å². The van der Waals surface area contributed by atoms with Crippen molar-refractivity contribution in [1.82, 2.24) is 15.3 Å². The number of carbonyl (C=O) groups excluding carboxylic acids is 2. The minimum atomic E-state index is -1.04. The fourth-order valence-electron chi connectivity index (χ4n) is 4.53. The van der Waals surface area contributed by atoms with Crippen LogP contribution in [0, 0.1) is 5.92 Å². The van der Waals surface area contributed by atoms with Crippen LogP contribution in [0.1, 0.15) is 48.2 Å². The van der Waals surface area contributed by atoms with Gasteiger partial charge in [-0.1, -0.05) is 42.5 Å². The predicted octanol–water partition coefficient (Wildman–Crippen LogP) is 3.89. The van der Waals surface area contributed by atoms with Crippen LogP contribution in [0.15, 0.2) is 60.7 Å². The molecule has 4 rings (SSSR count). The molecule has 2 aliphatic rings. The zero-order valence-corrected chi connectivity index (χ0v) is 19.7. The largest absolute Gasteiger partial charge is 0.343 e. The van der Waals surface area contributed by atoms with Gasteiger partial charge < -0.3 is 9.80 Å². The highest BCUT2D eigenvalue weighted by atomic mass is 16.7. The van der Waals surface area contributed by atoms with E-state index in [4.69, 9.17) is 4.84 Å². The zero-order valence-electron chi connectivity index (χ0n) is 19.7. The highest BCUT2D eigenvalue weighted by Gasteiger charge is 2.39. The third-order valence-electron chi connectivity index (χ3n) is 6.75. The van der Waals surface area contributed by atoms with E-state index in [1.165, 1.54) is 5.56 Å². The van der Waals surface area contributed by atoms with Crippen LogP contribution in [0.5, 0.6) is 0 Å². The Bertz CT molecular complexity index is 1010. The van der Waals surface area contributed by atoms with Crippen LogP contribution >= 0.6 is 0 Å². The molecule has 0 radical (unpaired) electrons. The highest BCUT2D eigenvalue weighted by molar-refractivity contribution is 5.95. The molecular formula is C27H33N3O3. The Morgan fingerprint density at radius 1 is 1.09 bits per heavy atom. The second kappa shape index (κ2) is 9.79. The number of nitrogens with zero attached hydrogens (tertiary/aromatic N) is 2. The van der Waals surface area contributed by atoms with Gasteiger partial charge in [-0.15, -0.1) is 0 Å². The molecule has 1 saturated heterocycles. The van der Waals surface area contributed by atoms with Crippen molar-refractivity contribution in [2.45, 2.75) is 38.7 Å². The van der Waals surface area contributed by atoms with Crippen LogP contribution in [0.25, 0.3) is 5.70 Å². The van der Waals surface area contributed by atoms with E-state index in [0.29, 0.717) is 18.0 Å². The lowest BCUT2D eigenvalue weighted by Crippen LogP contribution is -2.45. The fourth-order valence-corrected chi connectivity index (χ4v) is 4.53. The number of amides is 2. The summed E-state index contributed by atoms with van der Waals surface area (Å²) in [5.74, 6) is 0.604. The number of likely N-dealkylation sites (tertiary alicyclic amines) is 1. The monoisotopic (exact) mass is 447 g/mol. The van der Waals surface area contributed by atoms with Crippen LogP contribution in [0.4, 0.5) is 0 Å². The molecular weight excluding hydrogens is 414 g/mol. The number of benzene rings is 2. The van der Waals surface area contributed by atoms with E-state index in [1.807, 2.05) is 42.2 Å². The van der Waals surface area contributed by atoms with E-state index in [-0.39, 0.29) is 11.8 Å². The van der Waals surface area contributed by atoms with Gasteiger partial charge in [0.05, 0.1) is 5.70 Å². The first-order valence-corrected chi connectivity index (χ1v) is 11.8. The summed E-state index contributed by atoms with van der Waals surface area (Å²) in [6, 6.07) is 18.1. The Hall–Kier alpha value is -3.12.